The van der Waals surface area contributed by atoms with E-state index in [1.165, 1.54) is 0 Å². The third kappa shape index (κ3) is 1.37. The van der Waals surface area contributed by atoms with E-state index in [-0.39, 0.29) is 5.41 Å². The molecule has 3 heteroatoms. The Bertz CT molecular complexity index is 239. The lowest BCUT2D eigenvalue weighted by Crippen LogP contribution is -2.54. The molecule has 1 aliphatic rings. The molecule has 1 heterocycles. The Hall–Kier alpha value is -0.830. The summed E-state index contributed by atoms with van der Waals surface area (Å²) in [6.45, 7) is 8.20. The van der Waals surface area contributed by atoms with Crippen molar-refractivity contribution in [2.45, 2.75) is 32.2 Å². The van der Waals surface area contributed by atoms with E-state index in [9.17, 15) is 4.79 Å². The number of carboxylic acid groups (broad SMARTS) is 1. The number of hydrogen-bond acceptors (Lipinski definition) is 2. The van der Waals surface area contributed by atoms with Gasteiger partial charge in [0, 0.05) is 5.41 Å². The lowest BCUT2D eigenvalue weighted by molar-refractivity contribution is -0.147. The Morgan fingerprint density at radius 2 is 2.31 bits per heavy atom. The van der Waals surface area contributed by atoms with Crippen LogP contribution in [0.2, 0.25) is 0 Å². The van der Waals surface area contributed by atoms with Crippen molar-refractivity contribution >= 4 is 5.97 Å². The number of rotatable bonds is 3. The van der Waals surface area contributed by atoms with Crippen molar-refractivity contribution in [3.8, 4) is 0 Å². The molecule has 0 aliphatic carbocycles. The average molecular weight is 183 g/mol. The molecule has 2 N–H and O–H groups in total. The molecule has 1 rings (SSSR count). The van der Waals surface area contributed by atoms with Crippen LogP contribution in [0.4, 0.5) is 0 Å². The van der Waals surface area contributed by atoms with Crippen LogP contribution in [0.15, 0.2) is 12.7 Å². The summed E-state index contributed by atoms with van der Waals surface area (Å²) in [5, 5.41) is 12.2. The van der Waals surface area contributed by atoms with Gasteiger partial charge in [-0.15, -0.1) is 6.58 Å². The highest BCUT2D eigenvalue weighted by Gasteiger charge is 2.52. The summed E-state index contributed by atoms with van der Waals surface area (Å²) < 4.78 is 0. The van der Waals surface area contributed by atoms with Crippen molar-refractivity contribution in [1.29, 1.82) is 0 Å². The van der Waals surface area contributed by atoms with Gasteiger partial charge in [-0.05, 0) is 26.3 Å². The van der Waals surface area contributed by atoms with E-state index in [2.05, 4.69) is 11.9 Å². The van der Waals surface area contributed by atoms with E-state index in [1.807, 2.05) is 6.92 Å². The zero-order chi connectivity index (χ0) is 10.1. The van der Waals surface area contributed by atoms with Gasteiger partial charge in [0.2, 0.25) is 0 Å². The maximum Gasteiger partial charge on any atom is 0.324 e. The zero-order valence-electron chi connectivity index (χ0n) is 8.26. The molecule has 2 unspecified atom stereocenters. The fraction of sp³-hybridized carbons (Fsp3) is 0.700. The van der Waals surface area contributed by atoms with Crippen LogP contribution in [0.25, 0.3) is 0 Å². The van der Waals surface area contributed by atoms with E-state index in [4.69, 9.17) is 5.11 Å². The fourth-order valence-electron chi connectivity index (χ4n) is 2.01. The van der Waals surface area contributed by atoms with Crippen LogP contribution in [-0.4, -0.2) is 23.2 Å². The normalized spacial score (nSPS) is 38.9. The Morgan fingerprint density at radius 3 is 2.77 bits per heavy atom. The van der Waals surface area contributed by atoms with E-state index in [0.717, 1.165) is 19.4 Å². The molecule has 0 aromatic carbocycles. The van der Waals surface area contributed by atoms with Crippen molar-refractivity contribution in [2.24, 2.45) is 5.41 Å². The molecule has 0 saturated carbocycles. The first-order valence-corrected chi connectivity index (χ1v) is 4.55. The van der Waals surface area contributed by atoms with Gasteiger partial charge in [0.1, 0.15) is 5.54 Å². The van der Waals surface area contributed by atoms with E-state index in [1.54, 1.807) is 13.0 Å². The topological polar surface area (TPSA) is 49.3 Å². The van der Waals surface area contributed by atoms with Gasteiger partial charge >= 0.3 is 5.97 Å². The molecule has 13 heavy (non-hydrogen) atoms. The number of carbonyl (C=O) groups is 1. The van der Waals surface area contributed by atoms with Crippen LogP contribution in [-0.2, 0) is 4.79 Å². The summed E-state index contributed by atoms with van der Waals surface area (Å²) in [5.74, 6) is -0.769. The van der Waals surface area contributed by atoms with Gasteiger partial charge in [0.15, 0.2) is 0 Å². The first-order chi connectivity index (χ1) is 5.96. The molecule has 0 spiro atoms. The molecule has 1 saturated heterocycles. The predicted octanol–water partition coefficient (Wildman–Crippen LogP) is 1.41. The smallest absolute Gasteiger partial charge is 0.324 e. The third-order valence-corrected chi connectivity index (χ3v) is 3.39. The maximum absolute atomic E-state index is 11.1. The molecular weight excluding hydrogens is 166 g/mol. The summed E-state index contributed by atoms with van der Waals surface area (Å²) in [7, 11) is 0. The Morgan fingerprint density at radius 1 is 1.69 bits per heavy atom. The van der Waals surface area contributed by atoms with Crippen molar-refractivity contribution in [3.63, 3.8) is 0 Å². The molecule has 0 amide bonds. The number of allylic oxidation sites excluding steroid dienone is 1. The second kappa shape index (κ2) is 3.14. The molecule has 1 aliphatic heterocycles. The fourth-order valence-corrected chi connectivity index (χ4v) is 2.01. The molecule has 0 aromatic heterocycles. The summed E-state index contributed by atoms with van der Waals surface area (Å²) >= 11 is 0. The number of carboxylic acids is 1. The molecule has 74 valence electrons. The van der Waals surface area contributed by atoms with Crippen LogP contribution in [0.5, 0.6) is 0 Å². The third-order valence-electron chi connectivity index (χ3n) is 3.39. The summed E-state index contributed by atoms with van der Waals surface area (Å²) in [5.41, 5.74) is -1.01. The van der Waals surface area contributed by atoms with Crippen molar-refractivity contribution in [3.05, 3.63) is 12.7 Å². The molecule has 0 aromatic rings. The summed E-state index contributed by atoms with van der Waals surface area (Å²) in [4.78, 5) is 11.1. The van der Waals surface area contributed by atoms with Crippen LogP contribution in [0.3, 0.4) is 0 Å². The SMILES string of the molecule is C=CCC1(C)CCNC1(C)C(=O)O. The van der Waals surface area contributed by atoms with Crippen LogP contribution in [0.1, 0.15) is 26.7 Å². The van der Waals surface area contributed by atoms with Gasteiger partial charge in [-0.25, -0.2) is 0 Å². The first-order valence-electron chi connectivity index (χ1n) is 4.55. The molecule has 3 nitrogen and oxygen atoms in total. The van der Waals surface area contributed by atoms with Crippen molar-refractivity contribution in [2.75, 3.05) is 6.54 Å². The van der Waals surface area contributed by atoms with Gasteiger partial charge in [0.25, 0.3) is 0 Å². The lowest BCUT2D eigenvalue weighted by Gasteiger charge is -2.36. The zero-order valence-corrected chi connectivity index (χ0v) is 8.26. The van der Waals surface area contributed by atoms with Gasteiger partial charge in [0.05, 0.1) is 0 Å². The van der Waals surface area contributed by atoms with E-state index in [0.29, 0.717) is 0 Å². The second-order valence-electron chi connectivity index (χ2n) is 4.16. The largest absolute Gasteiger partial charge is 0.480 e. The van der Waals surface area contributed by atoms with Gasteiger partial charge in [-0.2, -0.15) is 0 Å². The standard InChI is InChI=1S/C10H17NO2/c1-4-5-9(2)6-7-11-10(9,3)8(12)13/h4,11H,1,5-7H2,2-3H3,(H,12,13). The molecule has 0 bridgehead atoms. The van der Waals surface area contributed by atoms with Gasteiger partial charge in [-0.3, -0.25) is 4.79 Å². The van der Waals surface area contributed by atoms with E-state index >= 15 is 0 Å². The van der Waals surface area contributed by atoms with Gasteiger partial charge < -0.3 is 10.4 Å². The Labute approximate surface area is 78.8 Å². The number of nitrogens with one attached hydrogen (secondary N) is 1. The highest BCUT2D eigenvalue weighted by molar-refractivity contribution is 5.80. The Balaban J connectivity index is 2.96. The average Bonchev–Trinajstić information content (AvgIpc) is 2.30. The molecular formula is C10H17NO2. The minimum atomic E-state index is -0.804. The molecule has 2 atom stereocenters. The van der Waals surface area contributed by atoms with Crippen molar-refractivity contribution in [1.82, 2.24) is 5.32 Å². The summed E-state index contributed by atoms with van der Waals surface area (Å²) in [6, 6.07) is 0. The molecule has 0 radical (unpaired) electrons. The monoisotopic (exact) mass is 183 g/mol. The highest BCUT2D eigenvalue weighted by Crippen LogP contribution is 2.42. The van der Waals surface area contributed by atoms with Crippen molar-refractivity contribution < 1.29 is 9.90 Å². The first kappa shape index (κ1) is 10.3. The number of aliphatic carboxylic acids is 1. The quantitative estimate of drug-likeness (QED) is 0.650. The van der Waals surface area contributed by atoms with Crippen LogP contribution in [0, 0.1) is 5.41 Å². The minimum Gasteiger partial charge on any atom is -0.480 e. The number of hydrogen-bond donors (Lipinski definition) is 2. The molecule has 1 fully saturated rings. The predicted molar refractivity (Wildman–Crippen MR) is 51.6 cm³/mol. The lowest BCUT2D eigenvalue weighted by atomic mass is 9.70. The van der Waals surface area contributed by atoms with Crippen LogP contribution < -0.4 is 5.32 Å². The summed E-state index contributed by atoms with van der Waals surface area (Å²) in [6.07, 6.45) is 3.43. The maximum atomic E-state index is 11.1. The Kier molecular flexibility index (Phi) is 2.48. The van der Waals surface area contributed by atoms with Gasteiger partial charge in [-0.1, -0.05) is 13.0 Å². The van der Waals surface area contributed by atoms with Crippen LogP contribution >= 0.6 is 0 Å². The highest BCUT2D eigenvalue weighted by atomic mass is 16.4. The minimum absolute atomic E-state index is 0.208. The van der Waals surface area contributed by atoms with E-state index < -0.39 is 11.5 Å². The second-order valence-corrected chi connectivity index (χ2v) is 4.16.